The van der Waals surface area contributed by atoms with Crippen molar-refractivity contribution in [3.8, 4) is 0 Å². The highest BCUT2D eigenvalue weighted by molar-refractivity contribution is 6.30. The number of carbonyl (C=O) groups is 1. The molecule has 1 aliphatic heterocycles. The van der Waals surface area contributed by atoms with Crippen molar-refractivity contribution >= 4 is 17.5 Å². The van der Waals surface area contributed by atoms with Crippen molar-refractivity contribution in [3.63, 3.8) is 0 Å². The molecule has 0 radical (unpaired) electrons. The van der Waals surface area contributed by atoms with Gasteiger partial charge in [0, 0.05) is 44.3 Å². The summed E-state index contributed by atoms with van der Waals surface area (Å²) in [4.78, 5) is 16.6. The Hall–Kier alpha value is -1.36. The van der Waals surface area contributed by atoms with E-state index >= 15 is 0 Å². The molecule has 120 valence electrons. The normalized spacial score (nSPS) is 17.9. The van der Waals surface area contributed by atoms with Crippen molar-refractivity contribution in [3.05, 3.63) is 47.5 Å². The van der Waals surface area contributed by atoms with Crippen LogP contribution in [0.3, 0.4) is 0 Å². The van der Waals surface area contributed by atoms with Gasteiger partial charge in [-0.3, -0.25) is 14.6 Å². The predicted octanol–water partition coefficient (Wildman–Crippen LogP) is 2.15. The molecular formula is C17H24ClN3O. The van der Waals surface area contributed by atoms with E-state index < -0.39 is 0 Å². The molecule has 2 rings (SSSR count). The highest BCUT2D eigenvalue weighted by Crippen LogP contribution is 2.14. The summed E-state index contributed by atoms with van der Waals surface area (Å²) in [5.74, 6) is 0.0724. The van der Waals surface area contributed by atoms with Gasteiger partial charge < -0.3 is 5.32 Å². The number of amides is 1. The second-order valence-electron chi connectivity index (χ2n) is 5.65. The molecule has 5 heteroatoms. The van der Waals surface area contributed by atoms with Gasteiger partial charge in [0.05, 0.1) is 6.04 Å². The largest absolute Gasteiger partial charge is 0.351 e. The SMILES string of the molecule is C=CCNC(=O)C(C)N1CCN(Cc2cccc(Cl)c2)CC1. The summed E-state index contributed by atoms with van der Waals surface area (Å²) in [6.07, 6.45) is 1.70. The van der Waals surface area contributed by atoms with Gasteiger partial charge in [-0.2, -0.15) is 0 Å². The smallest absolute Gasteiger partial charge is 0.237 e. The molecule has 1 aromatic rings. The van der Waals surface area contributed by atoms with E-state index in [2.05, 4.69) is 27.8 Å². The standard InChI is InChI=1S/C17H24ClN3O/c1-3-7-19-17(22)14(2)21-10-8-20(9-11-21)13-15-5-4-6-16(18)12-15/h3-6,12,14H,1,7-11,13H2,2H3,(H,19,22). The van der Waals surface area contributed by atoms with Crippen molar-refractivity contribution in [2.45, 2.75) is 19.5 Å². The van der Waals surface area contributed by atoms with Crippen LogP contribution in [0.5, 0.6) is 0 Å². The van der Waals surface area contributed by atoms with Crippen LogP contribution in [0.4, 0.5) is 0 Å². The molecule has 1 N–H and O–H groups in total. The van der Waals surface area contributed by atoms with Gasteiger partial charge in [0.1, 0.15) is 0 Å². The Kier molecular flexibility index (Phi) is 6.43. The fraction of sp³-hybridized carbons (Fsp3) is 0.471. The second-order valence-corrected chi connectivity index (χ2v) is 6.09. The average molecular weight is 322 g/mol. The Morgan fingerprint density at radius 3 is 2.77 bits per heavy atom. The van der Waals surface area contributed by atoms with Crippen LogP contribution in [0.25, 0.3) is 0 Å². The minimum atomic E-state index is -0.0896. The van der Waals surface area contributed by atoms with Crippen LogP contribution >= 0.6 is 11.6 Å². The lowest BCUT2D eigenvalue weighted by atomic mass is 10.1. The van der Waals surface area contributed by atoms with Gasteiger partial charge in [-0.05, 0) is 24.6 Å². The first kappa shape index (κ1) is 17.0. The monoisotopic (exact) mass is 321 g/mol. The number of hydrogen-bond acceptors (Lipinski definition) is 3. The van der Waals surface area contributed by atoms with Crippen LogP contribution in [-0.2, 0) is 11.3 Å². The van der Waals surface area contributed by atoms with E-state index in [1.54, 1.807) is 6.08 Å². The van der Waals surface area contributed by atoms with Crippen LogP contribution in [-0.4, -0.2) is 54.5 Å². The molecule has 1 unspecified atom stereocenters. The van der Waals surface area contributed by atoms with E-state index in [9.17, 15) is 4.79 Å². The number of halogens is 1. The molecule has 0 bridgehead atoms. The van der Waals surface area contributed by atoms with E-state index in [4.69, 9.17) is 11.6 Å². The van der Waals surface area contributed by atoms with Crippen LogP contribution in [0, 0.1) is 0 Å². The van der Waals surface area contributed by atoms with Gasteiger partial charge in [-0.15, -0.1) is 6.58 Å². The fourth-order valence-corrected chi connectivity index (χ4v) is 2.90. The molecule has 0 saturated carbocycles. The summed E-state index contributed by atoms with van der Waals surface area (Å²) in [6, 6.07) is 7.91. The van der Waals surface area contributed by atoms with Crippen molar-refractivity contribution in [2.75, 3.05) is 32.7 Å². The zero-order valence-corrected chi connectivity index (χ0v) is 13.9. The van der Waals surface area contributed by atoms with E-state index in [-0.39, 0.29) is 11.9 Å². The lowest BCUT2D eigenvalue weighted by molar-refractivity contribution is -0.126. The molecule has 0 spiro atoms. The Balaban J connectivity index is 1.80. The van der Waals surface area contributed by atoms with Crippen LogP contribution in [0.2, 0.25) is 5.02 Å². The molecule has 0 aromatic heterocycles. The molecule has 1 fully saturated rings. The molecule has 1 aliphatic rings. The van der Waals surface area contributed by atoms with E-state index in [1.807, 2.05) is 25.1 Å². The number of nitrogens with zero attached hydrogens (tertiary/aromatic N) is 2. The number of carbonyl (C=O) groups excluding carboxylic acids is 1. The summed E-state index contributed by atoms with van der Waals surface area (Å²) in [5, 5.41) is 3.64. The van der Waals surface area contributed by atoms with Gasteiger partial charge in [0.15, 0.2) is 0 Å². The van der Waals surface area contributed by atoms with E-state index in [0.29, 0.717) is 6.54 Å². The van der Waals surface area contributed by atoms with E-state index in [0.717, 1.165) is 37.7 Å². The van der Waals surface area contributed by atoms with Gasteiger partial charge in [-0.25, -0.2) is 0 Å². The average Bonchev–Trinajstić information content (AvgIpc) is 2.52. The molecule has 1 atom stereocenters. The molecule has 1 heterocycles. The topological polar surface area (TPSA) is 35.6 Å². The zero-order chi connectivity index (χ0) is 15.9. The Morgan fingerprint density at radius 1 is 1.41 bits per heavy atom. The highest BCUT2D eigenvalue weighted by atomic mass is 35.5. The van der Waals surface area contributed by atoms with Crippen molar-refractivity contribution in [1.29, 1.82) is 0 Å². The summed E-state index contributed by atoms with van der Waals surface area (Å²) in [5.41, 5.74) is 1.23. The third-order valence-electron chi connectivity index (χ3n) is 4.05. The highest BCUT2D eigenvalue weighted by Gasteiger charge is 2.25. The number of piperazine rings is 1. The molecule has 4 nitrogen and oxygen atoms in total. The fourth-order valence-electron chi connectivity index (χ4n) is 2.69. The van der Waals surface area contributed by atoms with Gasteiger partial charge in [0.25, 0.3) is 0 Å². The maximum absolute atomic E-state index is 12.0. The number of nitrogens with one attached hydrogen (secondary N) is 1. The minimum Gasteiger partial charge on any atom is -0.351 e. The number of rotatable bonds is 6. The van der Waals surface area contributed by atoms with Crippen LogP contribution in [0.1, 0.15) is 12.5 Å². The molecule has 1 amide bonds. The lowest BCUT2D eigenvalue weighted by Crippen LogP contribution is -2.53. The first-order valence-corrected chi connectivity index (χ1v) is 8.07. The Bertz CT molecular complexity index is 512. The minimum absolute atomic E-state index is 0.0724. The predicted molar refractivity (Wildman–Crippen MR) is 91.0 cm³/mol. The lowest BCUT2D eigenvalue weighted by Gasteiger charge is -2.37. The third kappa shape index (κ3) is 4.83. The quantitative estimate of drug-likeness (QED) is 0.816. The molecular weight excluding hydrogens is 298 g/mol. The second kappa shape index (κ2) is 8.32. The summed E-state index contributed by atoms with van der Waals surface area (Å²) in [6.45, 7) is 10.8. The van der Waals surface area contributed by atoms with Crippen LogP contribution < -0.4 is 5.32 Å². The van der Waals surface area contributed by atoms with E-state index in [1.165, 1.54) is 5.56 Å². The first-order valence-electron chi connectivity index (χ1n) is 7.69. The molecule has 22 heavy (non-hydrogen) atoms. The van der Waals surface area contributed by atoms with Gasteiger partial charge in [-0.1, -0.05) is 29.8 Å². The van der Waals surface area contributed by atoms with Gasteiger partial charge in [0.2, 0.25) is 5.91 Å². The number of hydrogen-bond donors (Lipinski definition) is 1. The van der Waals surface area contributed by atoms with Crippen molar-refractivity contribution in [2.24, 2.45) is 0 Å². The van der Waals surface area contributed by atoms with Crippen molar-refractivity contribution in [1.82, 2.24) is 15.1 Å². The third-order valence-corrected chi connectivity index (χ3v) is 4.28. The van der Waals surface area contributed by atoms with Crippen LogP contribution in [0.15, 0.2) is 36.9 Å². The molecule has 1 aromatic carbocycles. The first-order chi connectivity index (χ1) is 10.6. The summed E-state index contributed by atoms with van der Waals surface area (Å²) < 4.78 is 0. The zero-order valence-electron chi connectivity index (χ0n) is 13.1. The maximum Gasteiger partial charge on any atom is 0.237 e. The Morgan fingerprint density at radius 2 is 2.14 bits per heavy atom. The molecule has 1 saturated heterocycles. The summed E-state index contributed by atoms with van der Waals surface area (Å²) >= 11 is 6.03. The summed E-state index contributed by atoms with van der Waals surface area (Å²) in [7, 11) is 0. The maximum atomic E-state index is 12.0. The van der Waals surface area contributed by atoms with Crippen molar-refractivity contribution < 1.29 is 4.79 Å². The van der Waals surface area contributed by atoms with Gasteiger partial charge >= 0.3 is 0 Å². The molecule has 0 aliphatic carbocycles. The number of benzene rings is 1. The Labute approximate surface area is 137 Å².